The first kappa shape index (κ1) is 45.0. The summed E-state index contributed by atoms with van der Waals surface area (Å²) in [6, 6.07) is 16.6. The Balaban J connectivity index is 0.000000182. The fourth-order valence-corrected chi connectivity index (χ4v) is 9.21. The van der Waals surface area contributed by atoms with Crippen molar-refractivity contribution in [3.8, 4) is 22.5 Å². The van der Waals surface area contributed by atoms with E-state index >= 15 is 0 Å². The first-order chi connectivity index (χ1) is 31.0. The highest BCUT2D eigenvalue weighted by molar-refractivity contribution is 5.95. The van der Waals surface area contributed by atoms with Crippen LogP contribution < -0.4 is 5.32 Å². The van der Waals surface area contributed by atoms with E-state index in [2.05, 4.69) is 33.0 Å². The third-order valence-electron chi connectivity index (χ3n) is 13.9. The van der Waals surface area contributed by atoms with Crippen molar-refractivity contribution in [2.24, 2.45) is 0 Å². The Kier molecular flexibility index (Phi) is 10.9. The van der Waals surface area contributed by atoms with Crippen LogP contribution in [0.1, 0.15) is 115 Å². The maximum Gasteiger partial charge on any atom is 0.274 e. The summed E-state index contributed by atoms with van der Waals surface area (Å²) in [5.74, 6) is -1.23. The van der Waals surface area contributed by atoms with E-state index < -0.39 is 11.1 Å². The predicted molar refractivity (Wildman–Crippen MR) is 248 cm³/mol. The van der Waals surface area contributed by atoms with Crippen molar-refractivity contribution in [3.05, 3.63) is 107 Å². The molecule has 2 aromatic carbocycles. The van der Waals surface area contributed by atoms with Gasteiger partial charge in [-0.05, 0) is 139 Å². The summed E-state index contributed by atoms with van der Waals surface area (Å²) >= 11 is 0. The van der Waals surface area contributed by atoms with Gasteiger partial charge in [0.1, 0.15) is 28.6 Å². The van der Waals surface area contributed by atoms with E-state index in [4.69, 9.17) is 20.2 Å². The predicted octanol–water partition coefficient (Wildman–Crippen LogP) is 7.08. The van der Waals surface area contributed by atoms with Crippen LogP contribution in [0.25, 0.3) is 33.8 Å². The number of halogens is 2. The van der Waals surface area contributed by atoms with Gasteiger partial charge in [0.15, 0.2) is 11.3 Å². The lowest BCUT2D eigenvalue weighted by Gasteiger charge is -2.47. The molecule has 0 radical (unpaired) electrons. The standard InChI is InChI=1S/C27H32FN5O3.C23H26FN5O.H2/c1-25(2)16-31(24(35)26(3,4)36)12-13-32(25)23(34)21-15-33-22(29-21)19(27(5)10-11-27)14-20(30-33)17-6-8-18(28)9-7-17;1-22(2)14-25-10-11-28(22)21(30)19-13-29-20(26-19)17(23(3)8-9-23)12-18(27-29)15-4-6-16(24)7-5-15;/h6-9,14-15,36H,10-13,16H2,1-5H3;4-7,12-13,25H,8-11,14H2,1-3H3;1H. The molecule has 16 heteroatoms. The topological polar surface area (TPSA) is 154 Å². The molecule has 2 aliphatic carbocycles. The van der Waals surface area contributed by atoms with E-state index in [1.54, 1.807) is 55.5 Å². The van der Waals surface area contributed by atoms with E-state index in [1.807, 2.05) is 30.9 Å². The SMILES string of the molecule is CC(C)(O)C(=O)N1CCN(C(=O)c2cn3nc(-c4ccc(F)cc4)cc(C4(C)CC4)c3n2)C(C)(C)C1.CC1(c2cc(-c3ccc(F)cc3)nn3cc(C(=O)N4CCNCC4(C)C)nc23)CC1.[HH]. The number of nitrogens with zero attached hydrogens (tertiary/aromatic N) is 9. The minimum absolute atomic E-state index is 0. The van der Waals surface area contributed by atoms with E-state index in [0.29, 0.717) is 48.9 Å². The monoisotopic (exact) mass is 902 g/mol. The number of fused-ring (bicyclic) bond motifs is 2. The lowest BCUT2D eigenvalue weighted by Crippen LogP contribution is -2.64. The molecule has 6 heterocycles. The Morgan fingerprint density at radius 3 is 1.50 bits per heavy atom. The molecule has 14 nitrogen and oxygen atoms in total. The number of aromatic nitrogens is 6. The number of nitrogens with one attached hydrogen (secondary N) is 1. The van der Waals surface area contributed by atoms with Crippen LogP contribution in [0.15, 0.2) is 73.1 Å². The van der Waals surface area contributed by atoms with Crippen LogP contribution in [0, 0.1) is 11.6 Å². The molecule has 3 amide bonds. The van der Waals surface area contributed by atoms with Gasteiger partial charge in [0.05, 0.1) is 34.9 Å². The maximum atomic E-state index is 13.7. The van der Waals surface area contributed by atoms with Crippen molar-refractivity contribution >= 4 is 29.0 Å². The van der Waals surface area contributed by atoms with Crippen LogP contribution in [0.3, 0.4) is 0 Å². The number of amides is 3. The lowest BCUT2D eigenvalue weighted by molar-refractivity contribution is -0.152. The zero-order valence-electron chi connectivity index (χ0n) is 39.0. The van der Waals surface area contributed by atoms with Crippen molar-refractivity contribution in [1.29, 1.82) is 0 Å². The molecule has 4 fully saturated rings. The lowest BCUT2D eigenvalue weighted by atomic mass is 9.96. The van der Waals surface area contributed by atoms with Gasteiger partial charge >= 0.3 is 0 Å². The Morgan fingerprint density at radius 2 is 1.11 bits per heavy atom. The summed E-state index contributed by atoms with van der Waals surface area (Å²) in [5, 5.41) is 22.9. The van der Waals surface area contributed by atoms with E-state index in [9.17, 15) is 28.3 Å². The Hall–Kier alpha value is -6.13. The van der Waals surface area contributed by atoms with Gasteiger partial charge in [-0.3, -0.25) is 14.4 Å². The number of carbonyl (C=O) groups is 3. The average Bonchev–Trinajstić information content (AvgIpc) is 4.09. The van der Waals surface area contributed by atoms with Gasteiger partial charge < -0.3 is 25.1 Å². The largest absolute Gasteiger partial charge is 0.381 e. The Labute approximate surface area is 384 Å². The highest BCUT2D eigenvalue weighted by Gasteiger charge is 2.45. The van der Waals surface area contributed by atoms with E-state index in [-0.39, 0.29) is 47.2 Å². The van der Waals surface area contributed by atoms with Crippen molar-refractivity contribution in [3.63, 3.8) is 0 Å². The molecule has 348 valence electrons. The average molecular weight is 903 g/mol. The zero-order chi connectivity index (χ0) is 47.1. The number of carbonyl (C=O) groups excluding carboxylic acids is 3. The van der Waals surface area contributed by atoms with Crippen molar-refractivity contribution in [2.45, 2.75) is 109 Å². The summed E-state index contributed by atoms with van der Waals surface area (Å²) in [6.45, 7) is 18.4. The maximum absolute atomic E-state index is 13.7. The molecule has 4 aromatic heterocycles. The smallest absolute Gasteiger partial charge is 0.274 e. The zero-order valence-corrected chi connectivity index (χ0v) is 39.0. The first-order valence-electron chi connectivity index (χ1n) is 22.8. The molecule has 2 N–H and O–H groups in total. The molecule has 0 spiro atoms. The minimum Gasteiger partial charge on any atom is -0.381 e. The highest BCUT2D eigenvalue weighted by atomic mass is 19.1. The molecule has 10 rings (SSSR count). The fraction of sp³-hybridized carbons (Fsp3) is 0.460. The second-order valence-corrected chi connectivity index (χ2v) is 20.8. The molecule has 0 unspecified atom stereocenters. The number of benzene rings is 2. The van der Waals surface area contributed by atoms with Crippen molar-refractivity contribution < 1.29 is 29.7 Å². The molecule has 66 heavy (non-hydrogen) atoms. The summed E-state index contributed by atoms with van der Waals surface area (Å²) < 4.78 is 30.2. The van der Waals surface area contributed by atoms with Gasteiger partial charge in [0, 0.05) is 62.9 Å². The molecule has 4 aliphatic rings. The van der Waals surface area contributed by atoms with Gasteiger partial charge in [0.2, 0.25) is 0 Å². The van der Waals surface area contributed by atoms with Gasteiger partial charge in [-0.15, -0.1) is 0 Å². The highest BCUT2D eigenvalue weighted by Crippen LogP contribution is 2.50. The van der Waals surface area contributed by atoms with Gasteiger partial charge in [-0.25, -0.2) is 27.8 Å². The Bertz CT molecular complexity index is 2880. The normalized spacial score (nSPS) is 19.3. The van der Waals surface area contributed by atoms with Crippen molar-refractivity contribution in [1.82, 2.24) is 49.2 Å². The number of hydrogen-bond acceptors (Lipinski definition) is 9. The fourth-order valence-electron chi connectivity index (χ4n) is 9.21. The van der Waals surface area contributed by atoms with Crippen LogP contribution in [0.5, 0.6) is 0 Å². The second kappa shape index (κ2) is 16.0. The van der Waals surface area contributed by atoms with Crippen LogP contribution >= 0.6 is 0 Å². The number of aliphatic hydroxyl groups is 1. The summed E-state index contributed by atoms with van der Waals surface area (Å²) in [4.78, 5) is 54.3. The second-order valence-electron chi connectivity index (χ2n) is 20.8. The Morgan fingerprint density at radius 1 is 0.667 bits per heavy atom. The molecular formula is C50H60F2N10O4. The minimum atomic E-state index is -1.47. The van der Waals surface area contributed by atoms with Gasteiger partial charge in [-0.2, -0.15) is 10.2 Å². The summed E-state index contributed by atoms with van der Waals surface area (Å²) in [7, 11) is 0. The molecule has 2 saturated heterocycles. The molecule has 0 bridgehead atoms. The number of piperazine rings is 2. The molecule has 2 aliphatic heterocycles. The summed E-state index contributed by atoms with van der Waals surface area (Å²) in [5.41, 5.74) is 4.91. The summed E-state index contributed by atoms with van der Waals surface area (Å²) in [6.07, 6.45) is 7.60. The molecule has 6 aromatic rings. The first-order valence-corrected chi connectivity index (χ1v) is 22.8. The third kappa shape index (κ3) is 8.56. The van der Waals surface area contributed by atoms with Crippen LogP contribution in [0.4, 0.5) is 8.78 Å². The molecule has 0 atom stereocenters. The van der Waals surface area contributed by atoms with E-state index in [0.717, 1.165) is 72.4 Å². The van der Waals surface area contributed by atoms with Crippen LogP contribution in [-0.2, 0) is 15.6 Å². The van der Waals surface area contributed by atoms with Gasteiger partial charge in [-0.1, -0.05) is 13.8 Å². The van der Waals surface area contributed by atoms with E-state index in [1.165, 1.54) is 38.1 Å². The number of imidazole rings is 2. The van der Waals surface area contributed by atoms with Crippen LogP contribution in [0.2, 0.25) is 0 Å². The number of rotatable bonds is 7. The molecule has 2 saturated carbocycles. The third-order valence-corrected chi connectivity index (χ3v) is 13.9. The quantitative estimate of drug-likeness (QED) is 0.171. The number of hydrogen-bond donors (Lipinski definition) is 2. The molecular weight excluding hydrogens is 843 g/mol. The van der Waals surface area contributed by atoms with Crippen molar-refractivity contribution in [2.75, 3.05) is 39.3 Å². The van der Waals surface area contributed by atoms with Crippen LogP contribution in [-0.4, -0.2) is 123 Å². The van der Waals surface area contributed by atoms with Gasteiger partial charge in [0.25, 0.3) is 17.7 Å².